The Labute approximate surface area is 172 Å². The molecule has 0 bridgehead atoms. The summed E-state index contributed by atoms with van der Waals surface area (Å²) in [5, 5.41) is 3.11. The van der Waals surface area contributed by atoms with Gasteiger partial charge in [-0.3, -0.25) is 9.59 Å². The molecule has 148 valence electrons. The van der Waals surface area contributed by atoms with E-state index in [1.165, 1.54) is 24.9 Å². The maximum Gasteiger partial charge on any atom is 0.259 e. The maximum atomic E-state index is 12.7. The van der Waals surface area contributed by atoms with Crippen molar-refractivity contribution in [3.63, 3.8) is 0 Å². The zero-order valence-electron chi connectivity index (χ0n) is 15.7. The van der Waals surface area contributed by atoms with Crippen LogP contribution in [0.15, 0.2) is 65.7 Å². The Kier molecular flexibility index (Phi) is 6.36. The summed E-state index contributed by atoms with van der Waals surface area (Å²) in [5.74, 6) is 0.0299. The second-order valence-corrected chi connectivity index (χ2v) is 7.06. The van der Waals surface area contributed by atoms with Crippen LogP contribution in [0.2, 0.25) is 0 Å². The minimum absolute atomic E-state index is 0.0194. The molecule has 29 heavy (non-hydrogen) atoms. The van der Waals surface area contributed by atoms with E-state index in [4.69, 9.17) is 16.2 Å². The molecule has 7 nitrogen and oxygen atoms in total. The molecule has 5 N–H and O–H groups in total. The molecule has 2 aromatic carbocycles. The monoisotopic (exact) mass is 408 g/mol. The summed E-state index contributed by atoms with van der Waals surface area (Å²) in [5.41, 5.74) is 13.3. The third-order valence-electron chi connectivity index (χ3n) is 4.07. The molecule has 0 atom stereocenters. The fourth-order valence-corrected chi connectivity index (χ4v) is 3.58. The average molecular weight is 408 g/mol. The van der Waals surface area contributed by atoms with E-state index in [1.807, 2.05) is 30.3 Å². The minimum atomic E-state index is -0.677. The highest BCUT2D eigenvalue weighted by Crippen LogP contribution is 2.28. The van der Waals surface area contributed by atoms with Gasteiger partial charge in [0.1, 0.15) is 16.6 Å². The number of amides is 2. The molecule has 1 heterocycles. The van der Waals surface area contributed by atoms with Crippen LogP contribution in [0.25, 0.3) is 0 Å². The molecule has 8 heteroatoms. The summed E-state index contributed by atoms with van der Waals surface area (Å²) in [7, 11) is 1.54. The quantitative estimate of drug-likeness (QED) is 0.516. The van der Waals surface area contributed by atoms with Gasteiger partial charge in [-0.15, -0.1) is 11.8 Å². The van der Waals surface area contributed by atoms with Crippen LogP contribution >= 0.6 is 11.8 Å². The molecule has 0 radical (unpaired) electrons. The van der Waals surface area contributed by atoms with Crippen molar-refractivity contribution in [2.75, 3.05) is 18.2 Å². The standard InChI is InChI=1S/C21H20N4O3S/c1-28-15-9-5-8-14(10-15)24-20(27)16-11-17(19(23)26)21(25-18(16)22)29-12-13-6-3-2-4-7-13/h2-11H,12H2,1H3,(H2,22,25)(H2,23,26)(H,24,27). The summed E-state index contributed by atoms with van der Waals surface area (Å²) in [6, 6.07) is 18.0. The van der Waals surface area contributed by atoms with Gasteiger partial charge in [0.2, 0.25) is 0 Å². The second kappa shape index (κ2) is 9.11. The van der Waals surface area contributed by atoms with Gasteiger partial charge in [0.15, 0.2) is 0 Å². The number of nitrogens with zero attached hydrogens (tertiary/aromatic N) is 1. The summed E-state index contributed by atoms with van der Waals surface area (Å²) in [6.45, 7) is 0. The number of thioether (sulfide) groups is 1. The minimum Gasteiger partial charge on any atom is -0.497 e. The first-order valence-electron chi connectivity index (χ1n) is 8.70. The molecule has 3 aromatic rings. The number of anilines is 2. The molecular weight excluding hydrogens is 388 g/mol. The Morgan fingerprint density at radius 2 is 1.83 bits per heavy atom. The number of ether oxygens (including phenoxy) is 1. The molecule has 0 aliphatic heterocycles. The largest absolute Gasteiger partial charge is 0.497 e. The molecule has 2 amide bonds. The molecular formula is C21H20N4O3S. The predicted octanol–water partition coefficient (Wildman–Crippen LogP) is 3.32. The predicted molar refractivity (Wildman–Crippen MR) is 114 cm³/mol. The zero-order chi connectivity index (χ0) is 20.8. The van der Waals surface area contributed by atoms with Crippen molar-refractivity contribution in [2.45, 2.75) is 10.8 Å². The van der Waals surface area contributed by atoms with E-state index in [0.29, 0.717) is 22.2 Å². The molecule has 1 aromatic heterocycles. The van der Waals surface area contributed by atoms with Crippen LogP contribution in [0.4, 0.5) is 11.5 Å². The number of rotatable bonds is 7. The van der Waals surface area contributed by atoms with E-state index in [1.54, 1.807) is 24.3 Å². The van der Waals surface area contributed by atoms with Gasteiger partial charge in [-0.05, 0) is 23.8 Å². The van der Waals surface area contributed by atoms with Crippen molar-refractivity contribution in [1.82, 2.24) is 4.98 Å². The summed E-state index contributed by atoms with van der Waals surface area (Å²) >= 11 is 1.33. The van der Waals surface area contributed by atoms with E-state index in [0.717, 1.165) is 5.56 Å². The number of nitrogens with two attached hydrogens (primary N) is 2. The lowest BCUT2D eigenvalue weighted by Crippen LogP contribution is -2.19. The molecule has 3 rings (SSSR count). The smallest absolute Gasteiger partial charge is 0.259 e. The normalized spacial score (nSPS) is 10.4. The number of hydrogen-bond donors (Lipinski definition) is 3. The van der Waals surface area contributed by atoms with Gasteiger partial charge >= 0.3 is 0 Å². The number of primary amides is 1. The number of carbonyl (C=O) groups excluding carboxylic acids is 2. The number of benzene rings is 2. The van der Waals surface area contributed by atoms with Crippen molar-refractivity contribution in [2.24, 2.45) is 5.73 Å². The van der Waals surface area contributed by atoms with E-state index in [-0.39, 0.29) is 16.9 Å². The summed E-state index contributed by atoms with van der Waals surface area (Å²) < 4.78 is 5.14. The van der Waals surface area contributed by atoms with Crippen LogP contribution in [0, 0.1) is 0 Å². The highest BCUT2D eigenvalue weighted by molar-refractivity contribution is 7.98. The Morgan fingerprint density at radius 1 is 1.07 bits per heavy atom. The average Bonchev–Trinajstić information content (AvgIpc) is 2.72. The second-order valence-electron chi connectivity index (χ2n) is 6.10. The van der Waals surface area contributed by atoms with Crippen LogP contribution in [-0.2, 0) is 5.75 Å². The Morgan fingerprint density at radius 3 is 2.52 bits per heavy atom. The highest BCUT2D eigenvalue weighted by atomic mass is 32.2. The van der Waals surface area contributed by atoms with E-state index in [9.17, 15) is 9.59 Å². The lowest BCUT2D eigenvalue weighted by Gasteiger charge is -2.12. The van der Waals surface area contributed by atoms with Gasteiger partial charge < -0.3 is 21.5 Å². The maximum absolute atomic E-state index is 12.7. The first-order chi connectivity index (χ1) is 14.0. The molecule has 0 saturated carbocycles. The number of carbonyl (C=O) groups is 2. The molecule has 0 spiro atoms. The highest BCUT2D eigenvalue weighted by Gasteiger charge is 2.19. The molecule has 0 saturated heterocycles. The van der Waals surface area contributed by atoms with Crippen LogP contribution < -0.4 is 21.5 Å². The number of aromatic nitrogens is 1. The fourth-order valence-electron chi connectivity index (χ4n) is 2.60. The van der Waals surface area contributed by atoms with Crippen molar-refractivity contribution < 1.29 is 14.3 Å². The van der Waals surface area contributed by atoms with Crippen molar-refractivity contribution >= 4 is 35.1 Å². The van der Waals surface area contributed by atoms with Crippen molar-refractivity contribution in [3.8, 4) is 5.75 Å². The fraction of sp³-hybridized carbons (Fsp3) is 0.0952. The van der Waals surface area contributed by atoms with Gasteiger partial charge in [-0.25, -0.2) is 4.98 Å². The molecule has 0 fully saturated rings. The number of methoxy groups -OCH3 is 1. The zero-order valence-corrected chi connectivity index (χ0v) is 16.5. The third-order valence-corrected chi connectivity index (χ3v) is 5.14. The van der Waals surface area contributed by atoms with E-state index in [2.05, 4.69) is 10.3 Å². The van der Waals surface area contributed by atoms with Gasteiger partial charge in [0.05, 0.1) is 18.2 Å². The first kappa shape index (κ1) is 20.2. The van der Waals surface area contributed by atoms with Gasteiger partial charge in [0, 0.05) is 17.5 Å². The van der Waals surface area contributed by atoms with Crippen LogP contribution in [0.3, 0.4) is 0 Å². The summed E-state index contributed by atoms with van der Waals surface area (Å²) in [4.78, 5) is 28.9. The van der Waals surface area contributed by atoms with Crippen LogP contribution in [0.5, 0.6) is 5.75 Å². The van der Waals surface area contributed by atoms with Crippen LogP contribution in [-0.4, -0.2) is 23.9 Å². The molecule has 0 unspecified atom stereocenters. The van der Waals surface area contributed by atoms with E-state index >= 15 is 0 Å². The van der Waals surface area contributed by atoms with E-state index < -0.39 is 11.8 Å². The number of nitrogen functional groups attached to an aromatic ring is 1. The Bertz CT molecular complexity index is 1040. The third kappa shape index (κ3) is 5.05. The first-order valence-corrected chi connectivity index (χ1v) is 9.69. The Balaban J connectivity index is 1.84. The van der Waals surface area contributed by atoms with Crippen LogP contribution in [0.1, 0.15) is 26.3 Å². The van der Waals surface area contributed by atoms with Gasteiger partial charge in [0.25, 0.3) is 11.8 Å². The Hall–Kier alpha value is -3.52. The topological polar surface area (TPSA) is 120 Å². The van der Waals surface area contributed by atoms with Gasteiger partial charge in [-0.2, -0.15) is 0 Å². The number of nitrogens with one attached hydrogen (secondary N) is 1. The van der Waals surface area contributed by atoms with Crippen molar-refractivity contribution in [1.29, 1.82) is 0 Å². The summed E-state index contributed by atoms with van der Waals surface area (Å²) in [6.07, 6.45) is 0. The van der Waals surface area contributed by atoms with Gasteiger partial charge in [-0.1, -0.05) is 36.4 Å². The number of hydrogen-bond acceptors (Lipinski definition) is 6. The van der Waals surface area contributed by atoms with Crippen molar-refractivity contribution in [3.05, 3.63) is 77.4 Å². The lowest BCUT2D eigenvalue weighted by atomic mass is 10.1. The number of pyridine rings is 1. The SMILES string of the molecule is COc1cccc(NC(=O)c2cc(C(N)=O)c(SCc3ccccc3)nc2N)c1. The molecule has 0 aliphatic carbocycles. The molecule has 0 aliphatic rings. The lowest BCUT2D eigenvalue weighted by molar-refractivity contribution is 0.0997.